The number of carboxylic acids is 1. The Morgan fingerprint density at radius 1 is 1.38 bits per heavy atom. The minimum absolute atomic E-state index is 0.0299. The number of aromatic nitrogens is 2. The highest BCUT2D eigenvalue weighted by molar-refractivity contribution is 5.97. The number of H-pyrrole nitrogens is 1. The van der Waals surface area contributed by atoms with Crippen LogP contribution in [0, 0.1) is 11.8 Å². The van der Waals surface area contributed by atoms with Crippen molar-refractivity contribution in [1.82, 2.24) is 15.3 Å². The number of nitrogens with zero attached hydrogens (tertiary/aromatic N) is 1. The number of rotatable bonds is 4. The van der Waals surface area contributed by atoms with Gasteiger partial charge in [0.1, 0.15) is 0 Å². The van der Waals surface area contributed by atoms with Crippen molar-refractivity contribution in [1.29, 1.82) is 0 Å². The van der Waals surface area contributed by atoms with Crippen molar-refractivity contribution >= 4 is 22.9 Å². The van der Waals surface area contributed by atoms with E-state index in [0.717, 1.165) is 23.9 Å². The van der Waals surface area contributed by atoms with Gasteiger partial charge < -0.3 is 15.4 Å². The van der Waals surface area contributed by atoms with Crippen molar-refractivity contribution in [2.45, 2.75) is 19.3 Å². The molecular formula is C15H17N3O3. The smallest absolute Gasteiger partial charge is 0.306 e. The predicted molar refractivity (Wildman–Crippen MR) is 76.9 cm³/mol. The molecule has 6 nitrogen and oxygen atoms in total. The minimum Gasteiger partial charge on any atom is -0.481 e. The highest BCUT2D eigenvalue weighted by Gasteiger charge is 2.32. The van der Waals surface area contributed by atoms with E-state index in [1.54, 1.807) is 24.5 Å². The second-order valence-corrected chi connectivity index (χ2v) is 5.48. The molecule has 1 fully saturated rings. The van der Waals surface area contributed by atoms with E-state index >= 15 is 0 Å². The number of aliphatic carboxylic acids is 1. The Morgan fingerprint density at radius 3 is 3.05 bits per heavy atom. The van der Waals surface area contributed by atoms with Crippen LogP contribution in [0.1, 0.15) is 29.6 Å². The first-order valence-electron chi connectivity index (χ1n) is 7.09. The third-order valence-corrected chi connectivity index (χ3v) is 4.18. The van der Waals surface area contributed by atoms with Gasteiger partial charge in [0.2, 0.25) is 0 Å². The molecule has 1 saturated carbocycles. The second kappa shape index (κ2) is 5.55. The fourth-order valence-electron chi connectivity index (χ4n) is 3.01. The monoisotopic (exact) mass is 287 g/mol. The van der Waals surface area contributed by atoms with Crippen LogP contribution in [-0.4, -0.2) is 33.5 Å². The van der Waals surface area contributed by atoms with Crippen LogP contribution in [-0.2, 0) is 4.79 Å². The summed E-state index contributed by atoms with van der Waals surface area (Å²) in [6.45, 7) is 0.414. The van der Waals surface area contributed by atoms with Crippen LogP contribution in [0.15, 0.2) is 24.5 Å². The van der Waals surface area contributed by atoms with Crippen LogP contribution in [0.3, 0.4) is 0 Å². The molecule has 3 N–H and O–H groups in total. The second-order valence-electron chi connectivity index (χ2n) is 5.48. The van der Waals surface area contributed by atoms with Gasteiger partial charge in [-0.3, -0.25) is 9.59 Å². The lowest BCUT2D eigenvalue weighted by Crippen LogP contribution is -2.33. The number of amides is 1. The summed E-state index contributed by atoms with van der Waals surface area (Å²) < 4.78 is 0. The highest BCUT2D eigenvalue weighted by Crippen LogP contribution is 2.31. The molecule has 1 aliphatic rings. The van der Waals surface area contributed by atoms with Gasteiger partial charge in [0.05, 0.1) is 23.3 Å². The molecular weight excluding hydrogens is 270 g/mol. The van der Waals surface area contributed by atoms with E-state index in [-0.39, 0.29) is 17.7 Å². The quantitative estimate of drug-likeness (QED) is 0.799. The zero-order valence-corrected chi connectivity index (χ0v) is 11.5. The third-order valence-electron chi connectivity index (χ3n) is 4.18. The molecule has 1 amide bonds. The Balaban J connectivity index is 1.64. The molecule has 110 valence electrons. The van der Waals surface area contributed by atoms with Gasteiger partial charge in [-0.2, -0.15) is 0 Å². The Hall–Kier alpha value is -2.37. The number of hydrogen-bond acceptors (Lipinski definition) is 3. The molecule has 21 heavy (non-hydrogen) atoms. The first-order valence-corrected chi connectivity index (χ1v) is 7.09. The number of benzene rings is 1. The minimum atomic E-state index is -0.759. The van der Waals surface area contributed by atoms with Crippen molar-refractivity contribution in [2.75, 3.05) is 6.54 Å². The Morgan fingerprint density at radius 2 is 2.24 bits per heavy atom. The van der Waals surface area contributed by atoms with Gasteiger partial charge in [-0.15, -0.1) is 0 Å². The van der Waals surface area contributed by atoms with Crippen molar-refractivity contribution in [3.63, 3.8) is 0 Å². The molecule has 1 aromatic heterocycles. The van der Waals surface area contributed by atoms with Gasteiger partial charge in [0.25, 0.3) is 5.91 Å². The van der Waals surface area contributed by atoms with Crippen LogP contribution in [0.5, 0.6) is 0 Å². The Labute approximate surface area is 121 Å². The normalized spacial score (nSPS) is 21.5. The van der Waals surface area contributed by atoms with E-state index in [9.17, 15) is 9.59 Å². The van der Waals surface area contributed by atoms with Crippen molar-refractivity contribution < 1.29 is 14.7 Å². The largest absolute Gasteiger partial charge is 0.481 e. The molecule has 1 heterocycles. The topological polar surface area (TPSA) is 95.1 Å². The van der Waals surface area contributed by atoms with E-state index in [2.05, 4.69) is 15.3 Å². The van der Waals surface area contributed by atoms with Gasteiger partial charge in [-0.05, 0) is 37.0 Å². The Bertz CT molecular complexity index is 680. The maximum atomic E-state index is 12.2. The zero-order valence-electron chi connectivity index (χ0n) is 11.5. The SMILES string of the molecule is O=C(NCC1CCCC1C(=O)O)c1ccc2nc[nH]c2c1. The number of aromatic amines is 1. The molecule has 1 aliphatic carbocycles. The molecule has 0 bridgehead atoms. The lowest BCUT2D eigenvalue weighted by atomic mass is 9.96. The third kappa shape index (κ3) is 2.74. The van der Waals surface area contributed by atoms with E-state index in [1.165, 1.54) is 0 Å². The predicted octanol–water partition coefficient (Wildman–Crippen LogP) is 1.79. The van der Waals surface area contributed by atoms with Gasteiger partial charge in [0.15, 0.2) is 0 Å². The summed E-state index contributed by atoms with van der Waals surface area (Å²) >= 11 is 0. The summed E-state index contributed by atoms with van der Waals surface area (Å²) in [5, 5.41) is 12.0. The van der Waals surface area contributed by atoms with Crippen molar-refractivity contribution in [3.8, 4) is 0 Å². The van der Waals surface area contributed by atoms with Gasteiger partial charge in [0, 0.05) is 12.1 Å². The lowest BCUT2D eigenvalue weighted by Gasteiger charge is -2.16. The molecule has 2 atom stereocenters. The maximum Gasteiger partial charge on any atom is 0.306 e. The summed E-state index contributed by atoms with van der Waals surface area (Å²) in [5.74, 6) is -1.24. The van der Waals surface area contributed by atoms with Crippen LogP contribution >= 0.6 is 0 Å². The van der Waals surface area contributed by atoms with Crippen molar-refractivity contribution in [2.24, 2.45) is 11.8 Å². The Kier molecular flexibility index (Phi) is 3.60. The number of imidazole rings is 1. The summed E-state index contributed by atoms with van der Waals surface area (Å²) in [7, 11) is 0. The molecule has 0 saturated heterocycles. The van der Waals surface area contributed by atoms with Crippen LogP contribution in [0.25, 0.3) is 11.0 Å². The van der Waals surface area contributed by atoms with E-state index in [1.807, 2.05) is 0 Å². The van der Waals surface area contributed by atoms with Crippen LogP contribution < -0.4 is 5.32 Å². The summed E-state index contributed by atoms with van der Waals surface area (Å²) in [5.41, 5.74) is 2.18. The fraction of sp³-hybridized carbons (Fsp3) is 0.400. The van der Waals surface area contributed by atoms with E-state index in [0.29, 0.717) is 18.5 Å². The summed E-state index contributed by atoms with van der Waals surface area (Å²) in [6.07, 6.45) is 4.06. The maximum absolute atomic E-state index is 12.2. The molecule has 3 rings (SSSR count). The number of carbonyl (C=O) groups is 2. The highest BCUT2D eigenvalue weighted by atomic mass is 16.4. The van der Waals surface area contributed by atoms with Gasteiger partial charge >= 0.3 is 5.97 Å². The lowest BCUT2D eigenvalue weighted by molar-refractivity contribution is -0.142. The molecule has 2 unspecified atom stereocenters. The number of nitrogens with one attached hydrogen (secondary N) is 2. The molecule has 0 aliphatic heterocycles. The summed E-state index contributed by atoms with van der Waals surface area (Å²) in [4.78, 5) is 30.3. The first-order chi connectivity index (χ1) is 10.1. The molecule has 2 aromatic rings. The number of carboxylic acid groups (broad SMARTS) is 1. The fourth-order valence-corrected chi connectivity index (χ4v) is 3.01. The van der Waals surface area contributed by atoms with Gasteiger partial charge in [-0.25, -0.2) is 4.98 Å². The summed E-state index contributed by atoms with van der Waals surface area (Å²) in [6, 6.07) is 5.26. The molecule has 0 radical (unpaired) electrons. The molecule has 0 spiro atoms. The first kappa shape index (κ1) is 13.6. The molecule has 6 heteroatoms. The van der Waals surface area contributed by atoms with E-state index < -0.39 is 5.97 Å². The number of hydrogen-bond donors (Lipinski definition) is 3. The average molecular weight is 287 g/mol. The number of fused-ring (bicyclic) bond motifs is 1. The van der Waals surface area contributed by atoms with Crippen molar-refractivity contribution in [3.05, 3.63) is 30.1 Å². The average Bonchev–Trinajstić information content (AvgIpc) is 3.12. The van der Waals surface area contributed by atoms with Gasteiger partial charge in [-0.1, -0.05) is 6.42 Å². The standard InChI is InChI=1S/C15H17N3O3/c19-14(9-4-5-12-13(6-9)18-8-17-12)16-7-10-2-1-3-11(10)15(20)21/h4-6,8,10-11H,1-3,7H2,(H,16,19)(H,17,18)(H,20,21). The van der Waals surface area contributed by atoms with Crippen LogP contribution in [0.2, 0.25) is 0 Å². The van der Waals surface area contributed by atoms with Crippen LogP contribution in [0.4, 0.5) is 0 Å². The zero-order chi connectivity index (χ0) is 14.8. The van der Waals surface area contributed by atoms with E-state index in [4.69, 9.17) is 5.11 Å². The number of carbonyl (C=O) groups excluding carboxylic acids is 1. The molecule has 1 aromatic carbocycles.